The van der Waals surface area contributed by atoms with Crippen LogP contribution < -0.4 is 5.32 Å². The van der Waals surface area contributed by atoms with Gasteiger partial charge in [0.05, 0.1) is 5.56 Å². The van der Waals surface area contributed by atoms with Crippen LogP contribution in [-0.2, 0) is 9.22 Å². The quantitative estimate of drug-likeness (QED) is 0.373. The standard InChI is InChI=1S/C25H31NO4Si/c1-25(2,3)31(4,5)30-15-14-21(24(28)29)26-23(27)22-19-12-8-6-10-17(19)16-18-11-7-9-13-20(18)22/h6-13,16,21H,14-15H2,1-5H3,(H,26,27)(H,28,29)/t21-/m1/s1. The van der Waals surface area contributed by atoms with Crippen molar-refractivity contribution in [3.63, 3.8) is 0 Å². The highest BCUT2D eigenvalue weighted by molar-refractivity contribution is 6.74. The van der Waals surface area contributed by atoms with E-state index in [1.165, 1.54) is 0 Å². The van der Waals surface area contributed by atoms with Gasteiger partial charge in [-0.1, -0.05) is 69.3 Å². The molecule has 0 spiro atoms. The van der Waals surface area contributed by atoms with Crippen LogP contribution in [0, 0.1) is 0 Å². The fourth-order valence-electron chi connectivity index (χ4n) is 3.39. The van der Waals surface area contributed by atoms with Crippen LogP contribution >= 0.6 is 0 Å². The molecule has 0 saturated carbocycles. The summed E-state index contributed by atoms with van der Waals surface area (Å²) in [6.07, 6.45) is 0.219. The van der Waals surface area contributed by atoms with Gasteiger partial charge in [-0.2, -0.15) is 0 Å². The van der Waals surface area contributed by atoms with Gasteiger partial charge in [0.2, 0.25) is 0 Å². The number of carbonyl (C=O) groups is 2. The third-order valence-corrected chi connectivity index (χ3v) is 10.8. The number of carbonyl (C=O) groups excluding carboxylic acids is 1. The lowest BCUT2D eigenvalue weighted by atomic mass is 9.96. The molecule has 5 nitrogen and oxygen atoms in total. The van der Waals surface area contributed by atoms with Crippen LogP contribution in [0.4, 0.5) is 0 Å². The Bertz CT molecular complexity index is 1060. The average Bonchev–Trinajstić information content (AvgIpc) is 2.70. The minimum atomic E-state index is -1.99. The Labute approximate surface area is 184 Å². The minimum Gasteiger partial charge on any atom is -0.480 e. The van der Waals surface area contributed by atoms with Crippen LogP contribution in [0.25, 0.3) is 21.5 Å². The lowest BCUT2D eigenvalue weighted by Crippen LogP contribution is -2.44. The van der Waals surface area contributed by atoms with E-state index in [0.717, 1.165) is 21.5 Å². The Morgan fingerprint density at radius 1 is 1.00 bits per heavy atom. The summed E-state index contributed by atoms with van der Waals surface area (Å²) in [7, 11) is -1.99. The molecule has 164 valence electrons. The zero-order chi connectivity index (χ0) is 22.8. The molecule has 0 aliphatic heterocycles. The highest BCUT2D eigenvalue weighted by atomic mass is 28.4. The summed E-state index contributed by atoms with van der Waals surface area (Å²) in [5, 5.41) is 16.0. The van der Waals surface area contributed by atoms with Crippen LogP contribution in [0.5, 0.6) is 0 Å². The van der Waals surface area contributed by atoms with E-state index >= 15 is 0 Å². The molecule has 3 rings (SSSR count). The van der Waals surface area contributed by atoms with E-state index in [-0.39, 0.29) is 17.4 Å². The highest BCUT2D eigenvalue weighted by Gasteiger charge is 2.37. The fraction of sp³-hybridized carbons (Fsp3) is 0.360. The molecule has 0 heterocycles. The minimum absolute atomic E-state index is 0.0385. The highest BCUT2D eigenvalue weighted by Crippen LogP contribution is 2.36. The summed E-state index contributed by atoms with van der Waals surface area (Å²) in [6.45, 7) is 11.0. The monoisotopic (exact) mass is 437 g/mol. The second-order valence-electron chi connectivity index (χ2n) is 9.46. The molecule has 0 fully saturated rings. The molecule has 3 aromatic carbocycles. The first-order valence-corrected chi connectivity index (χ1v) is 13.5. The third kappa shape index (κ3) is 4.97. The van der Waals surface area contributed by atoms with Crippen molar-refractivity contribution in [2.24, 2.45) is 0 Å². The van der Waals surface area contributed by atoms with Crippen LogP contribution in [0.15, 0.2) is 54.6 Å². The molecule has 2 N–H and O–H groups in total. The average molecular weight is 438 g/mol. The van der Waals surface area contributed by atoms with Crippen molar-refractivity contribution in [3.8, 4) is 0 Å². The molecule has 3 aromatic rings. The van der Waals surface area contributed by atoms with Crippen LogP contribution in [0.2, 0.25) is 18.1 Å². The van der Waals surface area contributed by atoms with Crippen LogP contribution in [0.3, 0.4) is 0 Å². The third-order valence-electron chi connectivity index (χ3n) is 6.28. The van der Waals surface area contributed by atoms with Gasteiger partial charge in [-0.3, -0.25) is 4.79 Å². The van der Waals surface area contributed by atoms with Crippen molar-refractivity contribution < 1.29 is 19.1 Å². The molecule has 0 saturated heterocycles. The Morgan fingerprint density at radius 3 is 2.00 bits per heavy atom. The number of amides is 1. The van der Waals surface area contributed by atoms with Gasteiger partial charge >= 0.3 is 5.97 Å². The van der Waals surface area contributed by atoms with Gasteiger partial charge in [0, 0.05) is 13.0 Å². The molecule has 1 amide bonds. The Hall–Kier alpha value is -2.70. The second kappa shape index (κ2) is 8.81. The number of carboxylic acids is 1. The van der Waals surface area contributed by atoms with E-state index < -0.39 is 20.3 Å². The van der Waals surface area contributed by atoms with Crippen molar-refractivity contribution in [1.29, 1.82) is 0 Å². The smallest absolute Gasteiger partial charge is 0.326 e. The van der Waals surface area contributed by atoms with Gasteiger partial charge in [0.1, 0.15) is 6.04 Å². The zero-order valence-corrected chi connectivity index (χ0v) is 19.9. The number of rotatable bonds is 7. The molecule has 0 bridgehead atoms. The van der Waals surface area contributed by atoms with Gasteiger partial charge in [0.15, 0.2) is 8.32 Å². The second-order valence-corrected chi connectivity index (χ2v) is 14.3. The molecule has 0 radical (unpaired) electrons. The normalized spacial score (nSPS) is 13.3. The van der Waals surface area contributed by atoms with E-state index in [1.54, 1.807) is 0 Å². The molecule has 0 aliphatic carbocycles. The molecule has 1 atom stereocenters. The van der Waals surface area contributed by atoms with Crippen molar-refractivity contribution in [2.75, 3.05) is 6.61 Å². The van der Waals surface area contributed by atoms with E-state index in [2.05, 4.69) is 39.2 Å². The maximum Gasteiger partial charge on any atom is 0.326 e. The zero-order valence-electron chi connectivity index (χ0n) is 18.9. The number of benzene rings is 3. The molecule has 0 unspecified atom stereocenters. The summed E-state index contributed by atoms with van der Waals surface area (Å²) < 4.78 is 6.13. The number of aliphatic carboxylic acids is 1. The van der Waals surface area contributed by atoms with E-state index in [9.17, 15) is 14.7 Å². The van der Waals surface area contributed by atoms with Gasteiger partial charge in [-0.25, -0.2) is 4.79 Å². The van der Waals surface area contributed by atoms with Gasteiger partial charge < -0.3 is 14.8 Å². The largest absolute Gasteiger partial charge is 0.480 e. The van der Waals surface area contributed by atoms with Crippen molar-refractivity contribution in [3.05, 3.63) is 60.2 Å². The van der Waals surface area contributed by atoms with Crippen molar-refractivity contribution >= 4 is 41.7 Å². The molecule has 0 aliphatic rings. The van der Waals surface area contributed by atoms with E-state index in [0.29, 0.717) is 12.2 Å². The summed E-state index contributed by atoms with van der Waals surface area (Å²) in [4.78, 5) is 25.2. The first-order chi connectivity index (χ1) is 14.5. The number of nitrogens with one attached hydrogen (secondary N) is 1. The first-order valence-electron chi connectivity index (χ1n) is 10.6. The maximum absolute atomic E-state index is 13.3. The van der Waals surface area contributed by atoms with Crippen molar-refractivity contribution in [2.45, 2.75) is 51.4 Å². The molecular formula is C25H31NO4Si. The van der Waals surface area contributed by atoms with Gasteiger partial charge in [-0.05, 0) is 45.7 Å². The van der Waals surface area contributed by atoms with Gasteiger partial charge in [-0.15, -0.1) is 0 Å². The lowest BCUT2D eigenvalue weighted by Gasteiger charge is -2.36. The number of hydrogen-bond donors (Lipinski definition) is 2. The summed E-state index contributed by atoms with van der Waals surface area (Å²) in [5.41, 5.74) is 0.505. The summed E-state index contributed by atoms with van der Waals surface area (Å²) in [5.74, 6) is -1.44. The number of fused-ring (bicyclic) bond motifs is 2. The van der Waals surface area contributed by atoms with E-state index in [1.807, 2.05) is 54.6 Å². The number of carboxylic acid groups (broad SMARTS) is 1. The SMILES string of the molecule is CC(C)(C)[Si](C)(C)OCC[C@@H](NC(=O)c1c2ccccc2cc2ccccc12)C(=O)O. The molecule has 31 heavy (non-hydrogen) atoms. The van der Waals surface area contributed by atoms with E-state index in [4.69, 9.17) is 4.43 Å². The van der Waals surface area contributed by atoms with Crippen molar-refractivity contribution in [1.82, 2.24) is 5.32 Å². The number of hydrogen-bond acceptors (Lipinski definition) is 3. The van der Waals surface area contributed by atoms with Crippen LogP contribution in [0.1, 0.15) is 37.6 Å². The summed E-state index contributed by atoms with van der Waals surface area (Å²) >= 11 is 0. The fourth-order valence-corrected chi connectivity index (χ4v) is 4.46. The first kappa shape index (κ1) is 23.0. The Morgan fingerprint density at radius 2 is 1.52 bits per heavy atom. The van der Waals surface area contributed by atoms with Gasteiger partial charge in [0.25, 0.3) is 5.91 Å². The van der Waals surface area contributed by atoms with Crippen LogP contribution in [-0.4, -0.2) is 37.9 Å². The molecule has 6 heteroatoms. The molecule has 0 aromatic heterocycles. The maximum atomic E-state index is 13.3. The molecular weight excluding hydrogens is 406 g/mol. The Balaban J connectivity index is 1.86. The lowest BCUT2D eigenvalue weighted by molar-refractivity contribution is -0.139. The topological polar surface area (TPSA) is 75.6 Å². The predicted octanol–water partition coefficient (Wildman–Crippen LogP) is 5.59. The Kier molecular flexibility index (Phi) is 6.53. The summed E-state index contributed by atoms with van der Waals surface area (Å²) in [6, 6.07) is 16.4. The predicted molar refractivity (Wildman–Crippen MR) is 128 cm³/mol.